The SMILES string of the molecule is CNCCCCC1Cn2c3c(cccc3c3c4c(c5c6ccccc6[nH]c5c32)C(=O)NC4=O)CN1. The number of imide groups is 1. The molecule has 0 radical (unpaired) electrons. The number of aromatic nitrogens is 2. The van der Waals surface area contributed by atoms with E-state index in [0.717, 1.165) is 82.5 Å². The van der Waals surface area contributed by atoms with Crippen molar-refractivity contribution in [2.75, 3.05) is 13.6 Å². The number of aromatic amines is 1. The number of hydrogen-bond acceptors (Lipinski definition) is 4. The molecule has 2 aliphatic rings. The minimum atomic E-state index is -0.310. The maximum Gasteiger partial charge on any atom is 0.259 e. The number of carbonyl (C=O) groups excluding carboxylic acids is 2. The Morgan fingerprint density at radius 3 is 2.60 bits per heavy atom. The summed E-state index contributed by atoms with van der Waals surface area (Å²) in [5.74, 6) is -0.611. The fraction of sp³-hybridized carbons (Fsp3) is 0.286. The number of hydrogen-bond donors (Lipinski definition) is 4. The Morgan fingerprint density at radius 1 is 0.943 bits per heavy atom. The highest BCUT2D eigenvalue weighted by Crippen LogP contribution is 2.44. The first-order chi connectivity index (χ1) is 17.2. The number of rotatable bonds is 5. The molecular weight excluding hydrogens is 438 g/mol. The zero-order chi connectivity index (χ0) is 23.7. The van der Waals surface area contributed by atoms with E-state index in [9.17, 15) is 9.59 Å². The van der Waals surface area contributed by atoms with E-state index in [1.54, 1.807) is 0 Å². The molecular formula is C28H27N5O2. The Hall–Kier alpha value is -3.68. The van der Waals surface area contributed by atoms with E-state index in [4.69, 9.17) is 0 Å². The summed E-state index contributed by atoms with van der Waals surface area (Å²) in [5, 5.41) is 13.3. The predicted molar refractivity (Wildman–Crippen MR) is 139 cm³/mol. The number of para-hydroxylation sites is 2. The van der Waals surface area contributed by atoms with Gasteiger partial charge in [0.1, 0.15) is 0 Å². The van der Waals surface area contributed by atoms with Crippen LogP contribution < -0.4 is 16.0 Å². The van der Waals surface area contributed by atoms with Crippen LogP contribution in [0, 0.1) is 0 Å². The topological polar surface area (TPSA) is 91.0 Å². The number of fused-ring (bicyclic) bond motifs is 10. The quantitative estimate of drug-likeness (QED) is 0.232. The van der Waals surface area contributed by atoms with Crippen LogP contribution >= 0.6 is 0 Å². The number of unbranched alkanes of at least 4 members (excludes halogenated alkanes) is 1. The first-order valence-corrected chi connectivity index (χ1v) is 12.4. The molecule has 1 atom stereocenters. The molecule has 0 saturated heterocycles. The third kappa shape index (κ3) is 2.85. The summed E-state index contributed by atoms with van der Waals surface area (Å²) >= 11 is 0. The van der Waals surface area contributed by atoms with Crippen LogP contribution in [0.3, 0.4) is 0 Å². The first kappa shape index (κ1) is 20.7. The van der Waals surface area contributed by atoms with Crippen molar-refractivity contribution >= 4 is 55.4 Å². The van der Waals surface area contributed by atoms with Gasteiger partial charge in [-0.1, -0.05) is 42.8 Å². The Kier molecular flexibility index (Phi) is 4.53. The molecule has 4 N–H and O–H groups in total. The molecule has 4 heterocycles. The van der Waals surface area contributed by atoms with Gasteiger partial charge in [-0.3, -0.25) is 14.9 Å². The van der Waals surface area contributed by atoms with Gasteiger partial charge < -0.3 is 20.2 Å². The van der Waals surface area contributed by atoms with Gasteiger partial charge in [-0.2, -0.15) is 0 Å². The molecule has 7 nitrogen and oxygen atoms in total. The molecule has 0 bridgehead atoms. The molecule has 0 fully saturated rings. The van der Waals surface area contributed by atoms with E-state index in [-0.39, 0.29) is 11.8 Å². The second-order valence-corrected chi connectivity index (χ2v) is 9.78. The zero-order valence-corrected chi connectivity index (χ0v) is 19.6. The molecule has 5 aromatic rings. The van der Waals surface area contributed by atoms with Crippen LogP contribution in [0.2, 0.25) is 0 Å². The van der Waals surface area contributed by atoms with Gasteiger partial charge in [0.15, 0.2) is 0 Å². The van der Waals surface area contributed by atoms with Gasteiger partial charge in [0.2, 0.25) is 0 Å². The molecule has 2 aliphatic heterocycles. The van der Waals surface area contributed by atoms with E-state index in [2.05, 4.69) is 43.7 Å². The van der Waals surface area contributed by atoms with E-state index in [1.165, 1.54) is 5.56 Å². The van der Waals surface area contributed by atoms with Crippen LogP contribution in [-0.4, -0.2) is 41.0 Å². The van der Waals surface area contributed by atoms with Gasteiger partial charge in [-0.05, 0) is 38.1 Å². The molecule has 2 amide bonds. The lowest BCUT2D eigenvalue weighted by molar-refractivity contribution is 0.0880. The van der Waals surface area contributed by atoms with Gasteiger partial charge in [-0.15, -0.1) is 0 Å². The number of amides is 2. The summed E-state index contributed by atoms with van der Waals surface area (Å²) < 4.78 is 2.40. The van der Waals surface area contributed by atoms with Gasteiger partial charge in [-0.25, -0.2) is 0 Å². The molecule has 1 unspecified atom stereocenters. The highest BCUT2D eigenvalue weighted by atomic mass is 16.2. The summed E-state index contributed by atoms with van der Waals surface area (Å²) in [4.78, 5) is 29.9. The van der Waals surface area contributed by atoms with Crippen molar-refractivity contribution in [2.45, 2.75) is 38.4 Å². The molecule has 7 rings (SSSR count). The van der Waals surface area contributed by atoms with Crippen LogP contribution in [0.5, 0.6) is 0 Å². The van der Waals surface area contributed by atoms with Gasteiger partial charge >= 0.3 is 0 Å². The first-order valence-electron chi connectivity index (χ1n) is 12.4. The Balaban J connectivity index is 1.58. The number of benzene rings is 3. The lowest BCUT2D eigenvalue weighted by atomic mass is 9.96. The van der Waals surface area contributed by atoms with Gasteiger partial charge in [0.05, 0.1) is 27.7 Å². The van der Waals surface area contributed by atoms with Crippen LogP contribution in [0.15, 0.2) is 42.5 Å². The maximum atomic E-state index is 13.2. The van der Waals surface area contributed by atoms with Gasteiger partial charge in [0.25, 0.3) is 11.8 Å². The second kappa shape index (κ2) is 7.66. The summed E-state index contributed by atoms with van der Waals surface area (Å²) in [7, 11) is 1.99. The zero-order valence-electron chi connectivity index (χ0n) is 19.6. The molecule has 176 valence electrons. The Morgan fingerprint density at radius 2 is 1.74 bits per heavy atom. The molecule has 2 aromatic heterocycles. The molecule has 0 spiro atoms. The summed E-state index contributed by atoms with van der Waals surface area (Å²) in [6.07, 6.45) is 3.37. The third-order valence-corrected chi connectivity index (χ3v) is 7.75. The molecule has 7 heteroatoms. The van der Waals surface area contributed by atoms with Crippen LogP contribution in [0.1, 0.15) is 45.5 Å². The van der Waals surface area contributed by atoms with Crippen molar-refractivity contribution in [2.24, 2.45) is 0 Å². The molecule has 35 heavy (non-hydrogen) atoms. The number of carbonyl (C=O) groups is 2. The smallest absolute Gasteiger partial charge is 0.259 e. The minimum Gasteiger partial charge on any atom is -0.353 e. The second-order valence-electron chi connectivity index (χ2n) is 9.78. The van der Waals surface area contributed by atoms with Crippen LogP contribution in [0.25, 0.3) is 43.6 Å². The monoisotopic (exact) mass is 465 g/mol. The van der Waals surface area contributed by atoms with E-state index in [1.807, 2.05) is 31.3 Å². The lowest BCUT2D eigenvalue weighted by Gasteiger charge is -2.18. The fourth-order valence-electron chi connectivity index (χ4n) is 6.26. The van der Waals surface area contributed by atoms with Crippen molar-refractivity contribution < 1.29 is 9.59 Å². The maximum absolute atomic E-state index is 13.2. The molecule has 3 aromatic carbocycles. The normalized spacial score (nSPS) is 17.6. The predicted octanol–water partition coefficient (Wildman–Crippen LogP) is 4.17. The summed E-state index contributed by atoms with van der Waals surface area (Å²) in [6.45, 7) is 2.62. The standard InChI is InChI=1S/C28H27N5O2/c1-29-12-5-4-8-16-14-33-25-15(13-30-16)7-6-10-18(25)21-23-22(27(34)32-28(23)35)20-17-9-2-3-11-19(17)31-24(20)26(21)33/h2-3,6-7,9-11,16,29-31H,4-5,8,12-14H2,1H3,(H,32,34,35). The lowest BCUT2D eigenvalue weighted by Crippen LogP contribution is -2.31. The highest BCUT2D eigenvalue weighted by Gasteiger charge is 2.36. The Labute approximate surface area is 201 Å². The largest absolute Gasteiger partial charge is 0.353 e. The van der Waals surface area contributed by atoms with Crippen LogP contribution in [-0.2, 0) is 13.1 Å². The van der Waals surface area contributed by atoms with Crippen LogP contribution in [0.4, 0.5) is 0 Å². The Bertz CT molecular complexity index is 1690. The fourth-order valence-corrected chi connectivity index (χ4v) is 6.26. The molecule has 0 saturated carbocycles. The average Bonchev–Trinajstić information content (AvgIpc) is 3.44. The van der Waals surface area contributed by atoms with Crippen molar-refractivity contribution in [1.29, 1.82) is 0 Å². The number of nitrogens with one attached hydrogen (secondary N) is 4. The van der Waals surface area contributed by atoms with Crippen molar-refractivity contribution in [3.63, 3.8) is 0 Å². The van der Waals surface area contributed by atoms with Crippen molar-refractivity contribution in [1.82, 2.24) is 25.5 Å². The molecule has 0 aliphatic carbocycles. The van der Waals surface area contributed by atoms with E-state index >= 15 is 0 Å². The summed E-state index contributed by atoms with van der Waals surface area (Å²) in [6, 6.07) is 14.7. The average molecular weight is 466 g/mol. The van der Waals surface area contributed by atoms with E-state index < -0.39 is 0 Å². The van der Waals surface area contributed by atoms with Crippen molar-refractivity contribution in [3.05, 3.63) is 59.2 Å². The highest BCUT2D eigenvalue weighted by molar-refractivity contribution is 6.39. The number of nitrogens with zero attached hydrogens (tertiary/aromatic N) is 1. The minimum absolute atomic E-state index is 0.301. The van der Waals surface area contributed by atoms with Gasteiger partial charge in [0, 0.05) is 46.2 Å². The summed E-state index contributed by atoms with van der Waals surface area (Å²) in [5.41, 5.74) is 6.32. The van der Waals surface area contributed by atoms with Crippen molar-refractivity contribution in [3.8, 4) is 0 Å². The number of H-pyrrole nitrogens is 1. The van der Waals surface area contributed by atoms with E-state index in [0.29, 0.717) is 17.2 Å². The third-order valence-electron chi connectivity index (χ3n) is 7.75.